The molecule has 0 saturated heterocycles. The molecule has 2 aromatic heterocycles. The van der Waals surface area contributed by atoms with E-state index in [0.717, 1.165) is 25.0 Å². The Morgan fingerprint density at radius 1 is 1.23 bits per heavy atom. The molecule has 0 atom stereocenters. The number of carbonyl (C=O) groups is 1. The minimum absolute atomic E-state index is 0.0117. The van der Waals surface area contributed by atoms with Crippen LogP contribution >= 0.6 is 0 Å². The van der Waals surface area contributed by atoms with Crippen LogP contribution in [0.5, 0.6) is 0 Å². The third-order valence-electron chi connectivity index (χ3n) is 4.58. The summed E-state index contributed by atoms with van der Waals surface area (Å²) < 4.78 is 46.4. The maximum Gasteiger partial charge on any atom is 0.416 e. The first-order valence-corrected chi connectivity index (χ1v) is 9.28. The molecule has 2 N–H and O–H groups in total. The number of amides is 2. The van der Waals surface area contributed by atoms with E-state index in [1.165, 1.54) is 23.1 Å². The first kappa shape index (κ1) is 19.8. The van der Waals surface area contributed by atoms with Gasteiger partial charge in [-0.1, -0.05) is 6.07 Å². The van der Waals surface area contributed by atoms with E-state index >= 15 is 0 Å². The SMILES string of the molecule is O=C(NCCn1nc(-c2ccco2)n(C2CC2)c1=O)Nc1cccc(C(F)(F)F)c1. The molecule has 3 aromatic rings. The van der Waals surface area contributed by atoms with Crippen LogP contribution in [-0.4, -0.2) is 26.9 Å². The molecule has 1 aliphatic carbocycles. The largest absolute Gasteiger partial charge is 0.461 e. The zero-order valence-corrected chi connectivity index (χ0v) is 15.6. The number of carbonyl (C=O) groups excluding carboxylic acids is 1. The van der Waals surface area contributed by atoms with E-state index < -0.39 is 17.8 Å². The van der Waals surface area contributed by atoms with E-state index in [1.807, 2.05) is 0 Å². The topological polar surface area (TPSA) is 94.1 Å². The molecule has 1 fully saturated rings. The van der Waals surface area contributed by atoms with Crippen LogP contribution in [0.1, 0.15) is 24.4 Å². The van der Waals surface area contributed by atoms with Crippen LogP contribution < -0.4 is 16.3 Å². The molecule has 1 saturated carbocycles. The van der Waals surface area contributed by atoms with Gasteiger partial charge in [0, 0.05) is 18.3 Å². The van der Waals surface area contributed by atoms with Crippen LogP contribution in [0.3, 0.4) is 0 Å². The molecule has 30 heavy (non-hydrogen) atoms. The minimum Gasteiger partial charge on any atom is -0.461 e. The van der Waals surface area contributed by atoms with E-state index in [4.69, 9.17) is 4.42 Å². The molecular weight excluding hydrogens is 403 g/mol. The van der Waals surface area contributed by atoms with Crippen LogP contribution in [0.25, 0.3) is 11.6 Å². The van der Waals surface area contributed by atoms with Gasteiger partial charge in [-0.15, -0.1) is 5.10 Å². The predicted octanol–water partition coefficient (Wildman–Crippen LogP) is 3.48. The summed E-state index contributed by atoms with van der Waals surface area (Å²) >= 11 is 0. The number of anilines is 1. The van der Waals surface area contributed by atoms with Crippen molar-refractivity contribution in [1.82, 2.24) is 19.7 Å². The van der Waals surface area contributed by atoms with Crippen molar-refractivity contribution in [3.05, 3.63) is 58.7 Å². The van der Waals surface area contributed by atoms with Crippen molar-refractivity contribution >= 4 is 11.7 Å². The number of nitrogens with zero attached hydrogens (tertiary/aromatic N) is 3. The molecule has 0 radical (unpaired) electrons. The summed E-state index contributed by atoms with van der Waals surface area (Å²) in [5, 5.41) is 9.16. The molecule has 2 amide bonds. The fourth-order valence-corrected chi connectivity index (χ4v) is 3.03. The second-order valence-corrected chi connectivity index (χ2v) is 6.87. The van der Waals surface area contributed by atoms with E-state index in [-0.39, 0.29) is 30.5 Å². The Hall–Kier alpha value is -3.50. The highest BCUT2D eigenvalue weighted by atomic mass is 19.4. The number of aromatic nitrogens is 3. The lowest BCUT2D eigenvalue weighted by Gasteiger charge is -2.10. The first-order chi connectivity index (χ1) is 14.3. The van der Waals surface area contributed by atoms with E-state index in [2.05, 4.69) is 15.7 Å². The Morgan fingerprint density at radius 2 is 2.03 bits per heavy atom. The summed E-state index contributed by atoms with van der Waals surface area (Å²) in [4.78, 5) is 24.6. The van der Waals surface area contributed by atoms with Gasteiger partial charge in [0.25, 0.3) is 0 Å². The molecular formula is C19H18F3N5O3. The number of furan rings is 1. The van der Waals surface area contributed by atoms with Gasteiger partial charge in [-0.2, -0.15) is 13.2 Å². The van der Waals surface area contributed by atoms with Gasteiger partial charge in [0.2, 0.25) is 5.82 Å². The minimum atomic E-state index is -4.50. The Balaban J connectivity index is 1.38. The third kappa shape index (κ3) is 4.24. The highest BCUT2D eigenvalue weighted by molar-refractivity contribution is 5.89. The number of nitrogens with one attached hydrogen (secondary N) is 2. The lowest BCUT2D eigenvalue weighted by atomic mass is 10.2. The fourth-order valence-electron chi connectivity index (χ4n) is 3.03. The standard InChI is InChI=1S/C19H18F3N5O3/c20-19(21,22)12-3-1-4-13(11-12)24-17(28)23-8-9-26-18(29)27(14-6-7-14)16(25-26)15-5-2-10-30-15/h1-5,10-11,14H,6-9H2,(H2,23,24,28). The molecule has 0 aliphatic heterocycles. The quantitative estimate of drug-likeness (QED) is 0.637. The molecule has 2 heterocycles. The van der Waals surface area contributed by atoms with E-state index in [0.29, 0.717) is 11.6 Å². The van der Waals surface area contributed by atoms with E-state index in [9.17, 15) is 22.8 Å². The second-order valence-electron chi connectivity index (χ2n) is 6.87. The summed E-state index contributed by atoms with van der Waals surface area (Å²) in [7, 11) is 0. The van der Waals surface area contributed by atoms with Crippen molar-refractivity contribution in [3.8, 4) is 11.6 Å². The Bertz CT molecular complexity index is 1100. The number of benzene rings is 1. The smallest absolute Gasteiger partial charge is 0.416 e. The number of hydrogen-bond donors (Lipinski definition) is 2. The van der Waals surface area contributed by atoms with Crippen LogP contribution in [0.2, 0.25) is 0 Å². The Morgan fingerprint density at radius 3 is 2.70 bits per heavy atom. The normalized spacial score (nSPS) is 14.0. The number of alkyl halides is 3. The van der Waals surface area contributed by atoms with Crippen molar-refractivity contribution in [2.75, 3.05) is 11.9 Å². The van der Waals surface area contributed by atoms with Crippen LogP contribution in [0.4, 0.5) is 23.7 Å². The predicted molar refractivity (Wildman–Crippen MR) is 101 cm³/mol. The second kappa shape index (κ2) is 7.73. The van der Waals surface area contributed by atoms with Crippen molar-refractivity contribution < 1.29 is 22.4 Å². The van der Waals surface area contributed by atoms with Crippen LogP contribution in [-0.2, 0) is 12.7 Å². The molecule has 0 bridgehead atoms. The van der Waals surface area contributed by atoms with Gasteiger partial charge >= 0.3 is 17.9 Å². The van der Waals surface area contributed by atoms with Crippen LogP contribution in [0, 0.1) is 0 Å². The zero-order valence-electron chi connectivity index (χ0n) is 15.6. The molecule has 1 aromatic carbocycles. The monoisotopic (exact) mass is 421 g/mol. The summed E-state index contributed by atoms with van der Waals surface area (Å²) in [6.45, 7) is 0.159. The Labute approximate surface area is 168 Å². The fraction of sp³-hybridized carbons (Fsp3) is 0.316. The highest BCUT2D eigenvalue weighted by Crippen LogP contribution is 2.36. The average Bonchev–Trinajstić information content (AvgIpc) is 3.26. The maximum absolute atomic E-state index is 12.8. The molecule has 11 heteroatoms. The van der Waals surface area contributed by atoms with Gasteiger partial charge in [-0.25, -0.2) is 14.3 Å². The first-order valence-electron chi connectivity index (χ1n) is 9.28. The molecule has 4 rings (SSSR count). The Kier molecular flexibility index (Phi) is 5.10. The van der Waals surface area contributed by atoms with Gasteiger partial charge in [-0.05, 0) is 43.2 Å². The molecule has 0 unspecified atom stereocenters. The van der Waals surface area contributed by atoms with Crippen molar-refractivity contribution in [2.24, 2.45) is 0 Å². The molecule has 158 valence electrons. The number of halogens is 3. The summed E-state index contributed by atoms with van der Waals surface area (Å²) in [6.07, 6.45) is -1.23. The number of hydrogen-bond acceptors (Lipinski definition) is 4. The van der Waals surface area contributed by atoms with E-state index in [1.54, 1.807) is 16.7 Å². The highest BCUT2D eigenvalue weighted by Gasteiger charge is 2.31. The van der Waals surface area contributed by atoms with Gasteiger partial charge in [0.15, 0.2) is 5.76 Å². The summed E-state index contributed by atoms with van der Waals surface area (Å²) in [6, 6.07) is 7.14. The van der Waals surface area contributed by atoms with Gasteiger partial charge in [0.05, 0.1) is 18.4 Å². The van der Waals surface area contributed by atoms with Crippen LogP contribution in [0.15, 0.2) is 51.9 Å². The lowest BCUT2D eigenvalue weighted by molar-refractivity contribution is -0.137. The van der Waals surface area contributed by atoms with Crippen molar-refractivity contribution in [2.45, 2.75) is 31.6 Å². The number of urea groups is 1. The summed E-state index contributed by atoms with van der Waals surface area (Å²) in [5.41, 5.74) is -1.15. The number of rotatable bonds is 6. The molecule has 1 aliphatic rings. The summed E-state index contributed by atoms with van der Waals surface area (Å²) in [5.74, 6) is 0.911. The van der Waals surface area contributed by atoms with Gasteiger partial charge in [-0.3, -0.25) is 4.57 Å². The zero-order chi connectivity index (χ0) is 21.3. The van der Waals surface area contributed by atoms with Crippen molar-refractivity contribution in [3.63, 3.8) is 0 Å². The van der Waals surface area contributed by atoms with Gasteiger partial charge < -0.3 is 15.1 Å². The van der Waals surface area contributed by atoms with Gasteiger partial charge in [0.1, 0.15) is 0 Å². The maximum atomic E-state index is 12.8. The molecule has 0 spiro atoms. The third-order valence-corrected chi connectivity index (χ3v) is 4.58. The lowest BCUT2D eigenvalue weighted by Crippen LogP contribution is -2.34. The molecule has 8 nitrogen and oxygen atoms in total. The average molecular weight is 421 g/mol. The van der Waals surface area contributed by atoms with Crippen molar-refractivity contribution in [1.29, 1.82) is 0 Å².